The van der Waals surface area contributed by atoms with Crippen LogP contribution in [-0.2, 0) is 20.7 Å². The van der Waals surface area contributed by atoms with Crippen molar-refractivity contribution in [1.82, 2.24) is 0 Å². The second-order valence-corrected chi connectivity index (χ2v) is 6.04. The summed E-state index contributed by atoms with van der Waals surface area (Å²) >= 11 is 1.53. The van der Waals surface area contributed by atoms with Gasteiger partial charge >= 0.3 is 5.97 Å². The van der Waals surface area contributed by atoms with Crippen molar-refractivity contribution in [1.29, 1.82) is 0 Å². The normalized spacial score (nSPS) is 10.2. The van der Waals surface area contributed by atoms with Crippen LogP contribution in [0, 0.1) is 0 Å². The first-order valence-electron chi connectivity index (χ1n) is 7.92. The van der Waals surface area contributed by atoms with Crippen molar-refractivity contribution in [3.8, 4) is 5.75 Å². The molecule has 0 unspecified atom stereocenters. The average molecular weight is 359 g/mol. The predicted octanol–water partition coefficient (Wildman–Crippen LogP) is 3.53. The highest BCUT2D eigenvalue weighted by molar-refractivity contribution is 7.98. The molecule has 1 N–H and O–H groups in total. The Balaban J connectivity index is 1.74. The molecule has 0 fully saturated rings. The molecule has 0 aromatic heterocycles. The van der Waals surface area contributed by atoms with Gasteiger partial charge in [0.2, 0.25) is 0 Å². The number of esters is 1. The molecule has 132 valence electrons. The van der Waals surface area contributed by atoms with Crippen molar-refractivity contribution in [2.45, 2.75) is 18.2 Å². The van der Waals surface area contributed by atoms with Crippen LogP contribution in [0.15, 0.2) is 53.4 Å². The quantitative estimate of drug-likeness (QED) is 0.577. The topological polar surface area (TPSA) is 64.6 Å². The maximum absolute atomic E-state index is 11.9. The summed E-state index contributed by atoms with van der Waals surface area (Å²) in [5.41, 5.74) is 1.89. The highest BCUT2D eigenvalue weighted by Gasteiger charge is 2.10. The maximum Gasteiger partial charge on any atom is 0.344 e. The summed E-state index contributed by atoms with van der Waals surface area (Å²) in [6, 6.07) is 14.9. The number of nitrogens with one attached hydrogen (secondary N) is 1. The Hall–Kier alpha value is -2.47. The van der Waals surface area contributed by atoms with Gasteiger partial charge in [-0.25, -0.2) is 4.79 Å². The van der Waals surface area contributed by atoms with Gasteiger partial charge in [0.1, 0.15) is 5.75 Å². The fourth-order valence-corrected chi connectivity index (χ4v) is 2.64. The third-order valence-corrected chi connectivity index (χ3v) is 4.23. The molecular formula is C19H21NO4S. The number of rotatable bonds is 8. The zero-order valence-electron chi connectivity index (χ0n) is 14.3. The number of benzene rings is 2. The van der Waals surface area contributed by atoms with E-state index in [2.05, 4.69) is 12.2 Å². The number of anilines is 1. The van der Waals surface area contributed by atoms with Crippen LogP contribution in [0.25, 0.3) is 0 Å². The van der Waals surface area contributed by atoms with Gasteiger partial charge in [0.05, 0.1) is 5.69 Å². The summed E-state index contributed by atoms with van der Waals surface area (Å²) in [4.78, 5) is 24.5. The second-order valence-electron chi connectivity index (χ2n) is 5.20. The molecule has 5 nitrogen and oxygen atoms in total. The molecule has 6 heteroatoms. The molecule has 0 atom stereocenters. The summed E-state index contributed by atoms with van der Waals surface area (Å²) in [7, 11) is 0. The molecule has 0 radical (unpaired) electrons. The van der Waals surface area contributed by atoms with Crippen molar-refractivity contribution in [3.63, 3.8) is 0 Å². The molecular weight excluding hydrogens is 338 g/mol. The smallest absolute Gasteiger partial charge is 0.344 e. The molecule has 0 saturated heterocycles. The molecule has 0 aliphatic rings. The van der Waals surface area contributed by atoms with Crippen molar-refractivity contribution in [2.24, 2.45) is 0 Å². The van der Waals surface area contributed by atoms with E-state index in [9.17, 15) is 9.59 Å². The monoisotopic (exact) mass is 359 g/mol. The number of carbonyl (C=O) groups excluding carboxylic acids is 2. The highest BCUT2D eigenvalue weighted by atomic mass is 32.2. The molecule has 25 heavy (non-hydrogen) atoms. The van der Waals surface area contributed by atoms with Gasteiger partial charge in [-0.1, -0.05) is 31.2 Å². The van der Waals surface area contributed by atoms with Gasteiger partial charge in [0, 0.05) is 4.90 Å². The lowest BCUT2D eigenvalue weighted by Gasteiger charge is -2.10. The SMILES string of the molecule is CCc1ccc(OCC(=O)OCC(=O)Nc2ccccc2SC)cc1. The lowest BCUT2D eigenvalue weighted by atomic mass is 10.2. The first-order chi connectivity index (χ1) is 12.1. The summed E-state index contributed by atoms with van der Waals surface area (Å²) < 4.78 is 10.3. The lowest BCUT2D eigenvalue weighted by molar-refractivity contribution is -0.149. The second kappa shape index (κ2) is 9.74. The van der Waals surface area contributed by atoms with E-state index in [0.717, 1.165) is 11.3 Å². The van der Waals surface area contributed by atoms with Crippen molar-refractivity contribution < 1.29 is 19.1 Å². The molecule has 0 spiro atoms. The van der Waals surface area contributed by atoms with Crippen molar-refractivity contribution in [2.75, 3.05) is 24.8 Å². The lowest BCUT2D eigenvalue weighted by Crippen LogP contribution is -2.23. The minimum absolute atomic E-state index is 0.236. The van der Waals surface area contributed by atoms with Crippen LogP contribution in [0.1, 0.15) is 12.5 Å². The first kappa shape index (κ1) is 18.9. The van der Waals surface area contributed by atoms with Gasteiger partial charge in [-0.05, 0) is 42.5 Å². The third kappa shape index (κ3) is 6.15. The maximum atomic E-state index is 11.9. The van der Waals surface area contributed by atoms with Crippen LogP contribution in [0.3, 0.4) is 0 Å². The number of thioether (sulfide) groups is 1. The summed E-state index contributed by atoms with van der Waals surface area (Å²) in [5, 5.41) is 2.73. The van der Waals surface area contributed by atoms with E-state index in [0.29, 0.717) is 11.4 Å². The van der Waals surface area contributed by atoms with Crippen LogP contribution in [0.4, 0.5) is 5.69 Å². The number of amides is 1. The molecule has 1 amide bonds. The Kier molecular flexibility index (Phi) is 7.35. The minimum Gasteiger partial charge on any atom is -0.482 e. The molecule has 0 bridgehead atoms. The largest absolute Gasteiger partial charge is 0.482 e. The standard InChI is InChI=1S/C19H21NO4S/c1-3-14-8-10-15(11-9-14)23-13-19(22)24-12-18(21)20-16-6-4-5-7-17(16)25-2/h4-11H,3,12-13H2,1-2H3,(H,20,21). The Morgan fingerprint density at radius 2 is 1.76 bits per heavy atom. The molecule has 0 aliphatic carbocycles. The summed E-state index contributed by atoms with van der Waals surface area (Å²) in [5.74, 6) is -0.387. The number of hydrogen-bond acceptors (Lipinski definition) is 5. The fraction of sp³-hybridized carbons (Fsp3) is 0.263. The van der Waals surface area contributed by atoms with Crippen LogP contribution in [-0.4, -0.2) is 31.3 Å². The number of carbonyl (C=O) groups is 2. The Labute approximate surface area is 151 Å². The van der Waals surface area contributed by atoms with E-state index in [-0.39, 0.29) is 19.1 Å². The van der Waals surface area contributed by atoms with Gasteiger partial charge in [-0.15, -0.1) is 11.8 Å². The summed E-state index contributed by atoms with van der Waals surface area (Å²) in [6.45, 7) is 1.48. The Morgan fingerprint density at radius 1 is 1.04 bits per heavy atom. The number of aryl methyl sites for hydroxylation is 1. The molecule has 2 aromatic rings. The van der Waals surface area contributed by atoms with Gasteiger partial charge in [-0.3, -0.25) is 4.79 Å². The first-order valence-corrected chi connectivity index (χ1v) is 9.15. The average Bonchev–Trinajstić information content (AvgIpc) is 2.65. The zero-order valence-corrected chi connectivity index (χ0v) is 15.1. The molecule has 2 rings (SSSR count). The Morgan fingerprint density at radius 3 is 2.44 bits per heavy atom. The van der Waals surface area contributed by atoms with Gasteiger partial charge in [0.15, 0.2) is 13.2 Å². The Bertz CT molecular complexity index is 716. The zero-order chi connectivity index (χ0) is 18.1. The van der Waals surface area contributed by atoms with E-state index in [1.165, 1.54) is 17.3 Å². The van der Waals surface area contributed by atoms with Crippen molar-refractivity contribution >= 4 is 29.3 Å². The van der Waals surface area contributed by atoms with E-state index in [4.69, 9.17) is 9.47 Å². The van der Waals surface area contributed by atoms with Crippen LogP contribution < -0.4 is 10.1 Å². The number of hydrogen-bond donors (Lipinski definition) is 1. The number of ether oxygens (including phenoxy) is 2. The van der Waals surface area contributed by atoms with Crippen molar-refractivity contribution in [3.05, 3.63) is 54.1 Å². The van der Waals surface area contributed by atoms with Gasteiger partial charge in [-0.2, -0.15) is 0 Å². The van der Waals surface area contributed by atoms with Gasteiger partial charge < -0.3 is 14.8 Å². The fourth-order valence-electron chi connectivity index (χ4n) is 2.09. The van der Waals surface area contributed by atoms with E-state index >= 15 is 0 Å². The van der Waals surface area contributed by atoms with Crippen LogP contribution >= 0.6 is 11.8 Å². The highest BCUT2D eigenvalue weighted by Crippen LogP contribution is 2.24. The van der Waals surface area contributed by atoms with Crippen LogP contribution in [0.2, 0.25) is 0 Å². The molecule has 0 aliphatic heterocycles. The third-order valence-electron chi connectivity index (χ3n) is 3.43. The van der Waals surface area contributed by atoms with E-state index in [1.807, 2.05) is 36.6 Å². The van der Waals surface area contributed by atoms with Crippen LogP contribution in [0.5, 0.6) is 5.75 Å². The predicted molar refractivity (Wildman–Crippen MR) is 99.1 cm³/mol. The van der Waals surface area contributed by atoms with E-state index < -0.39 is 5.97 Å². The molecule has 0 heterocycles. The van der Waals surface area contributed by atoms with E-state index in [1.54, 1.807) is 18.2 Å². The summed E-state index contributed by atoms with van der Waals surface area (Å²) in [6.07, 6.45) is 2.87. The minimum atomic E-state index is -0.590. The molecule has 2 aromatic carbocycles. The molecule has 0 saturated carbocycles. The number of para-hydroxylation sites is 1. The van der Waals surface area contributed by atoms with Gasteiger partial charge in [0.25, 0.3) is 5.91 Å².